The summed E-state index contributed by atoms with van der Waals surface area (Å²) < 4.78 is 0. The molecule has 19 heavy (non-hydrogen) atoms. The lowest BCUT2D eigenvalue weighted by molar-refractivity contribution is -0.0666. The lowest BCUT2D eigenvalue weighted by atomic mass is 9.66. The topological polar surface area (TPSA) is 20.2 Å². The van der Waals surface area contributed by atoms with Crippen molar-refractivity contribution in [1.29, 1.82) is 0 Å². The van der Waals surface area contributed by atoms with E-state index in [1.165, 1.54) is 19.3 Å². The number of aliphatic hydroxyl groups is 1. The summed E-state index contributed by atoms with van der Waals surface area (Å²) in [6.07, 6.45) is 6.72. The zero-order valence-electron chi connectivity index (χ0n) is 11.8. The molecule has 1 aromatic rings. The minimum absolute atomic E-state index is 0.354. The molecule has 0 saturated heterocycles. The summed E-state index contributed by atoms with van der Waals surface area (Å²) in [7, 11) is 0. The SMILES string of the molecule is CCC1CCCCC1C(O)(CCCl)c1ccccc1. The van der Waals surface area contributed by atoms with E-state index in [-0.39, 0.29) is 0 Å². The van der Waals surface area contributed by atoms with Crippen LogP contribution in [0.5, 0.6) is 0 Å². The summed E-state index contributed by atoms with van der Waals surface area (Å²) in [5.74, 6) is 1.49. The quantitative estimate of drug-likeness (QED) is 0.774. The van der Waals surface area contributed by atoms with Crippen molar-refractivity contribution in [2.24, 2.45) is 11.8 Å². The van der Waals surface area contributed by atoms with Gasteiger partial charge in [0.05, 0.1) is 5.60 Å². The van der Waals surface area contributed by atoms with Crippen molar-refractivity contribution in [2.75, 3.05) is 5.88 Å². The molecule has 1 aromatic carbocycles. The Kier molecular flexibility index (Phi) is 5.29. The van der Waals surface area contributed by atoms with Crippen LogP contribution in [0.15, 0.2) is 30.3 Å². The van der Waals surface area contributed by atoms with Crippen LogP contribution in [0.25, 0.3) is 0 Å². The van der Waals surface area contributed by atoms with Crippen molar-refractivity contribution in [3.63, 3.8) is 0 Å². The van der Waals surface area contributed by atoms with Crippen LogP contribution in [0.1, 0.15) is 51.0 Å². The van der Waals surface area contributed by atoms with Gasteiger partial charge in [0.2, 0.25) is 0 Å². The highest BCUT2D eigenvalue weighted by Gasteiger charge is 2.42. The summed E-state index contributed by atoms with van der Waals surface area (Å²) in [4.78, 5) is 0. The maximum Gasteiger partial charge on any atom is 0.0938 e. The third-order valence-corrected chi connectivity index (χ3v) is 4.99. The van der Waals surface area contributed by atoms with Gasteiger partial charge in [-0.3, -0.25) is 0 Å². The van der Waals surface area contributed by atoms with Crippen LogP contribution in [0.4, 0.5) is 0 Å². The fourth-order valence-corrected chi connectivity index (χ4v) is 4.03. The first-order valence-electron chi connectivity index (χ1n) is 7.56. The average Bonchev–Trinajstić information content (AvgIpc) is 2.48. The molecule has 0 aliphatic heterocycles. The Balaban J connectivity index is 2.32. The van der Waals surface area contributed by atoms with E-state index in [4.69, 9.17) is 11.6 Å². The van der Waals surface area contributed by atoms with Gasteiger partial charge in [0.25, 0.3) is 0 Å². The van der Waals surface area contributed by atoms with Gasteiger partial charge in [-0.15, -0.1) is 11.6 Å². The molecule has 1 nitrogen and oxygen atoms in total. The Hall–Kier alpha value is -0.530. The first-order valence-corrected chi connectivity index (χ1v) is 8.09. The Labute approximate surface area is 122 Å². The van der Waals surface area contributed by atoms with Crippen LogP contribution in [0.3, 0.4) is 0 Å². The summed E-state index contributed by atoms with van der Waals surface area (Å²) in [6, 6.07) is 10.1. The third-order valence-electron chi connectivity index (χ3n) is 4.80. The van der Waals surface area contributed by atoms with Crippen LogP contribution in [-0.4, -0.2) is 11.0 Å². The van der Waals surface area contributed by atoms with Crippen molar-refractivity contribution >= 4 is 11.6 Å². The predicted molar refractivity (Wildman–Crippen MR) is 81.4 cm³/mol. The van der Waals surface area contributed by atoms with Crippen LogP contribution >= 0.6 is 11.6 Å². The average molecular weight is 281 g/mol. The van der Waals surface area contributed by atoms with Crippen LogP contribution in [-0.2, 0) is 5.60 Å². The van der Waals surface area contributed by atoms with Gasteiger partial charge < -0.3 is 5.11 Å². The third kappa shape index (κ3) is 3.14. The number of hydrogen-bond acceptors (Lipinski definition) is 1. The second kappa shape index (κ2) is 6.76. The van der Waals surface area contributed by atoms with E-state index in [9.17, 15) is 5.11 Å². The molecule has 1 fully saturated rings. The first kappa shape index (κ1) is 14.9. The Morgan fingerprint density at radius 2 is 1.89 bits per heavy atom. The maximum atomic E-state index is 11.3. The summed E-state index contributed by atoms with van der Waals surface area (Å²) in [5, 5.41) is 11.3. The van der Waals surface area contributed by atoms with E-state index >= 15 is 0 Å². The van der Waals surface area contributed by atoms with Gasteiger partial charge in [-0.05, 0) is 30.2 Å². The molecular weight excluding hydrogens is 256 g/mol. The Bertz CT molecular complexity index is 378. The van der Waals surface area contributed by atoms with E-state index < -0.39 is 5.60 Å². The highest BCUT2D eigenvalue weighted by atomic mass is 35.5. The van der Waals surface area contributed by atoms with Crippen molar-refractivity contribution in [2.45, 2.75) is 51.0 Å². The first-order chi connectivity index (χ1) is 9.22. The lowest BCUT2D eigenvalue weighted by Crippen LogP contribution is -2.41. The summed E-state index contributed by atoms with van der Waals surface area (Å²) >= 11 is 5.99. The van der Waals surface area contributed by atoms with Gasteiger partial charge in [-0.1, -0.05) is 62.9 Å². The standard InChI is InChI=1S/C17H25ClO/c1-2-14-8-6-7-11-16(14)17(19,12-13-18)15-9-4-3-5-10-15/h3-5,9-10,14,16,19H,2,6-8,11-13H2,1H3. The molecule has 0 spiro atoms. The van der Waals surface area contributed by atoms with Crippen molar-refractivity contribution in [3.8, 4) is 0 Å². The molecule has 2 heteroatoms. The summed E-state index contributed by atoms with van der Waals surface area (Å²) in [5.41, 5.74) is 0.297. The molecule has 3 unspecified atom stereocenters. The van der Waals surface area contributed by atoms with E-state index in [1.807, 2.05) is 30.3 Å². The van der Waals surface area contributed by atoms with Crippen molar-refractivity contribution < 1.29 is 5.11 Å². The van der Waals surface area contributed by atoms with Gasteiger partial charge >= 0.3 is 0 Å². The van der Waals surface area contributed by atoms with Crippen LogP contribution in [0.2, 0.25) is 0 Å². The number of benzene rings is 1. The molecule has 0 aromatic heterocycles. The highest BCUT2D eigenvalue weighted by molar-refractivity contribution is 6.17. The monoisotopic (exact) mass is 280 g/mol. The zero-order chi connectivity index (χ0) is 13.7. The fraction of sp³-hybridized carbons (Fsp3) is 0.647. The van der Waals surface area contributed by atoms with Gasteiger partial charge in [-0.2, -0.15) is 0 Å². The molecule has 1 N–H and O–H groups in total. The molecule has 1 aliphatic carbocycles. The molecule has 0 radical (unpaired) electrons. The molecule has 0 bridgehead atoms. The number of hydrogen-bond donors (Lipinski definition) is 1. The second-order valence-electron chi connectivity index (χ2n) is 5.79. The van der Waals surface area contributed by atoms with Gasteiger partial charge in [-0.25, -0.2) is 0 Å². The number of rotatable bonds is 5. The Morgan fingerprint density at radius 3 is 2.53 bits per heavy atom. The smallest absolute Gasteiger partial charge is 0.0938 e. The molecule has 0 heterocycles. The van der Waals surface area contributed by atoms with Crippen LogP contribution < -0.4 is 0 Å². The van der Waals surface area contributed by atoms with Gasteiger partial charge in [0, 0.05) is 5.88 Å². The zero-order valence-corrected chi connectivity index (χ0v) is 12.6. The minimum Gasteiger partial charge on any atom is -0.385 e. The largest absolute Gasteiger partial charge is 0.385 e. The second-order valence-corrected chi connectivity index (χ2v) is 6.17. The number of alkyl halides is 1. The van der Waals surface area contributed by atoms with Crippen molar-refractivity contribution in [3.05, 3.63) is 35.9 Å². The minimum atomic E-state index is -0.746. The van der Waals surface area contributed by atoms with Gasteiger partial charge in [0.1, 0.15) is 0 Å². The molecule has 1 aliphatic rings. The summed E-state index contributed by atoms with van der Waals surface area (Å²) in [6.45, 7) is 2.25. The van der Waals surface area contributed by atoms with E-state index in [0.717, 1.165) is 18.4 Å². The van der Waals surface area contributed by atoms with E-state index in [0.29, 0.717) is 24.1 Å². The Morgan fingerprint density at radius 1 is 1.21 bits per heavy atom. The molecule has 106 valence electrons. The normalized spacial score (nSPS) is 26.9. The van der Waals surface area contributed by atoms with Crippen LogP contribution in [0, 0.1) is 11.8 Å². The predicted octanol–water partition coefficient (Wildman–Crippen LogP) is 4.72. The molecule has 1 saturated carbocycles. The molecule has 2 rings (SSSR count). The molecule has 0 amide bonds. The fourth-order valence-electron chi connectivity index (χ4n) is 3.74. The van der Waals surface area contributed by atoms with Gasteiger partial charge in [0.15, 0.2) is 0 Å². The molecular formula is C17H25ClO. The maximum absolute atomic E-state index is 11.3. The van der Waals surface area contributed by atoms with Crippen molar-refractivity contribution in [1.82, 2.24) is 0 Å². The van der Waals surface area contributed by atoms with E-state index in [2.05, 4.69) is 6.92 Å². The highest BCUT2D eigenvalue weighted by Crippen LogP contribution is 2.45. The molecule has 3 atom stereocenters. The van der Waals surface area contributed by atoms with E-state index in [1.54, 1.807) is 0 Å². The number of halogens is 1. The lowest BCUT2D eigenvalue weighted by Gasteiger charge is -2.43.